The van der Waals surface area contributed by atoms with Gasteiger partial charge in [-0.2, -0.15) is 0 Å². The van der Waals surface area contributed by atoms with Gasteiger partial charge in [-0.25, -0.2) is 0 Å². The van der Waals surface area contributed by atoms with Gasteiger partial charge in [0, 0.05) is 23.4 Å². The molecule has 6 heavy (non-hydrogen) atoms. The SMILES string of the molecule is CCCCO.[Co]. The second-order valence-corrected chi connectivity index (χ2v) is 1.08. The minimum atomic E-state index is 0. The van der Waals surface area contributed by atoms with Crippen molar-refractivity contribution in [3.05, 3.63) is 0 Å². The largest absolute Gasteiger partial charge is 0.396 e. The molecule has 0 saturated carbocycles. The first kappa shape index (κ1) is 9.69. The molecule has 0 aromatic heterocycles. The van der Waals surface area contributed by atoms with Gasteiger partial charge >= 0.3 is 0 Å². The summed E-state index contributed by atoms with van der Waals surface area (Å²) in [6, 6.07) is 0. The van der Waals surface area contributed by atoms with Crippen LogP contribution in [0.25, 0.3) is 0 Å². The summed E-state index contributed by atoms with van der Waals surface area (Å²) in [5.41, 5.74) is 0. The minimum absolute atomic E-state index is 0. The predicted molar refractivity (Wildman–Crippen MR) is 22.0 cm³/mol. The third-order valence-corrected chi connectivity index (χ3v) is 0.512. The van der Waals surface area contributed by atoms with E-state index in [1.54, 1.807) is 0 Å². The maximum Gasteiger partial charge on any atom is 0.0430 e. The molecule has 0 aliphatic rings. The van der Waals surface area contributed by atoms with E-state index in [2.05, 4.69) is 6.92 Å². The zero-order chi connectivity index (χ0) is 4.12. The molecule has 0 spiro atoms. The van der Waals surface area contributed by atoms with Crippen molar-refractivity contribution >= 4 is 0 Å². The molecule has 0 amide bonds. The van der Waals surface area contributed by atoms with Gasteiger partial charge in [0.15, 0.2) is 0 Å². The number of hydrogen-bond acceptors (Lipinski definition) is 1. The van der Waals surface area contributed by atoms with Gasteiger partial charge in [-0.05, 0) is 6.42 Å². The van der Waals surface area contributed by atoms with Gasteiger partial charge in [0.05, 0.1) is 0 Å². The molecule has 2 heteroatoms. The molecule has 0 aliphatic heterocycles. The van der Waals surface area contributed by atoms with Crippen LogP contribution in [0.4, 0.5) is 0 Å². The normalized spacial score (nSPS) is 7.00. The van der Waals surface area contributed by atoms with Crippen LogP contribution in [0.5, 0.6) is 0 Å². The van der Waals surface area contributed by atoms with E-state index in [-0.39, 0.29) is 16.8 Å². The van der Waals surface area contributed by atoms with Crippen molar-refractivity contribution in [1.82, 2.24) is 0 Å². The van der Waals surface area contributed by atoms with E-state index in [9.17, 15) is 0 Å². The Kier molecular flexibility index (Phi) is 14.7. The van der Waals surface area contributed by atoms with Crippen LogP contribution in [0.15, 0.2) is 0 Å². The zero-order valence-electron chi connectivity index (χ0n) is 3.90. The van der Waals surface area contributed by atoms with Gasteiger partial charge in [-0.3, -0.25) is 0 Å². The first-order valence-electron chi connectivity index (χ1n) is 2.02. The van der Waals surface area contributed by atoms with Crippen molar-refractivity contribution in [1.29, 1.82) is 0 Å². The van der Waals surface area contributed by atoms with Crippen LogP contribution < -0.4 is 0 Å². The summed E-state index contributed by atoms with van der Waals surface area (Å²) < 4.78 is 0. The first-order valence-corrected chi connectivity index (χ1v) is 2.02. The second kappa shape index (κ2) is 9.08. The molecule has 41 valence electrons. The predicted octanol–water partition coefficient (Wildman–Crippen LogP) is 0.776. The Balaban J connectivity index is 0. The van der Waals surface area contributed by atoms with Crippen molar-refractivity contribution in [2.75, 3.05) is 6.61 Å². The summed E-state index contributed by atoms with van der Waals surface area (Å²) in [6.45, 7) is 2.40. The van der Waals surface area contributed by atoms with Gasteiger partial charge in [0.1, 0.15) is 0 Å². The molecular formula is C4H10CoO. The first-order chi connectivity index (χ1) is 2.41. The third kappa shape index (κ3) is 8.82. The molecular weight excluding hydrogens is 123 g/mol. The molecule has 1 radical (unpaired) electrons. The molecule has 0 unspecified atom stereocenters. The van der Waals surface area contributed by atoms with E-state index >= 15 is 0 Å². The van der Waals surface area contributed by atoms with E-state index < -0.39 is 0 Å². The molecule has 0 fully saturated rings. The molecule has 0 bridgehead atoms. The second-order valence-electron chi connectivity index (χ2n) is 1.08. The van der Waals surface area contributed by atoms with Crippen molar-refractivity contribution in [2.45, 2.75) is 19.8 Å². The van der Waals surface area contributed by atoms with Crippen LogP contribution in [0.2, 0.25) is 0 Å². The van der Waals surface area contributed by atoms with Gasteiger partial charge in [0.2, 0.25) is 0 Å². The summed E-state index contributed by atoms with van der Waals surface area (Å²) in [5.74, 6) is 0. The fraction of sp³-hybridized carbons (Fsp3) is 1.00. The van der Waals surface area contributed by atoms with Crippen LogP contribution in [0, 0.1) is 0 Å². The third-order valence-electron chi connectivity index (χ3n) is 0.512. The Labute approximate surface area is 48.9 Å². The van der Waals surface area contributed by atoms with Gasteiger partial charge in [-0.15, -0.1) is 0 Å². The fourth-order valence-electron chi connectivity index (χ4n) is 0.158. The van der Waals surface area contributed by atoms with Crippen molar-refractivity contribution in [2.24, 2.45) is 0 Å². The molecule has 0 aromatic rings. The standard InChI is InChI=1S/C4H10O.Co/c1-2-3-4-5;/h5H,2-4H2,1H3;. The summed E-state index contributed by atoms with van der Waals surface area (Å²) in [7, 11) is 0. The Hall–Kier alpha value is 0.466. The summed E-state index contributed by atoms with van der Waals surface area (Å²) in [5, 5.41) is 8.07. The minimum Gasteiger partial charge on any atom is -0.396 e. The topological polar surface area (TPSA) is 20.2 Å². The van der Waals surface area contributed by atoms with Crippen LogP contribution in [-0.2, 0) is 16.8 Å². The number of rotatable bonds is 2. The number of aliphatic hydroxyl groups is 1. The Bertz CT molecular complexity index is 15.0. The smallest absolute Gasteiger partial charge is 0.0430 e. The average Bonchev–Trinajstić information content (AvgIpc) is 1.41. The zero-order valence-corrected chi connectivity index (χ0v) is 4.94. The van der Waals surface area contributed by atoms with Crippen molar-refractivity contribution < 1.29 is 21.9 Å². The van der Waals surface area contributed by atoms with Crippen LogP contribution in [-0.4, -0.2) is 11.7 Å². The van der Waals surface area contributed by atoms with E-state index in [1.165, 1.54) is 0 Å². The van der Waals surface area contributed by atoms with E-state index in [1.807, 2.05) is 0 Å². The van der Waals surface area contributed by atoms with E-state index in [4.69, 9.17) is 5.11 Å². The van der Waals surface area contributed by atoms with Crippen molar-refractivity contribution in [3.8, 4) is 0 Å². The fourth-order valence-corrected chi connectivity index (χ4v) is 0.158. The number of aliphatic hydroxyl groups excluding tert-OH is 1. The maximum atomic E-state index is 8.07. The summed E-state index contributed by atoms with van der Waals surface area (Å²) in [6.07, 6.45) is 2.04. The van der Waals surface area contributed by atoms with E-state index in [0.29, 0.717) is 6.61 Å². The molecule has 0 aromatic carbocycles. The monoisotopic (exact) mass is 133 g/mol. The molecule has 0 rings (SSSR count). The molecule has 0 aliphatic carbocycles. The molecule has 0 heterocycles. The Morgan fingerprint density at radius 3 is 2.00 bits per heavy atom. The Morgan fingerprint density at radius 2 is 2.00 bits per heavy atom. The van der Waals surface area contributed by atoms with Gasteiger partial charge in [-0.1, -0.05) is 13.3 Å². The van der Waals surface area contributed by atoms with Crippen LogP contribution in [0.3, 0.4) is 0 Å². The summed E-state index contributed by atoms with van der Waals surface area (Å²) in [4.78, 5) is 0. The quantitative estimate of drug-likeness (QED) is 0.590. The van der Waals surface area contributed by atoms with Gasteiger partial charge in [0.25, 0.3) is 0 Å². The molecule has 0 saturated heterocycles. The molecule has 1 N–H and O–H groups in total. The molecule has 0 atom stereocenters. The van der Waals surface area contributed by atoms with Crippen LogP contribution >= 0.6 is 0 Å². The van der Waals surface area contributed by atoms with Gasteiger partial charge < -0.3 is 5.11 Å². The average molecular weight is 133 g/mol. The van der Waals surface area contributed by atoms with E-state index in [0.717, 1.165) is 12.8 Å². The number of hydrogen-bond donors (Lipinski definition) is 1. The maximum absolute atomic E-state index is 8.07. The summed E-state index contributed by atoms with van der Waals surface area (Å²) >= 11 is 0. The van der Waals surface area contributed by atoms with Crippen LogP contribution in [0.1, 0.15) is 19.8 Å². The number of unbranched alkanes of at least 4 members (excludes halogenated alkanes) is 1. The Morgan fingerprint density at radius 1 is 1.50 bits per heavy atom. The molecule has 1 nitrogen and oxygen atoms in total. The van der Waals surface area contributed by atoms with Crippen molar-refractivity contribution in [3.63, 3.8) is 0 Å².